The Morgan fingerprint density at radius 1 is 0.536 bits per heavy atom. The van der Waals surface area contributed by atoms with Gasteiger partial charge in [0.05, 0.1) is 18.8 Å². The van der Waals surface area contributed by atoms with E-state index in [-0.39, 0.29) is 12.2 Å². The second-order valence-electron chi connectivity index (χ2n) is 7.05. The van der Waals surface area contributed by atoms with Gasteiger partial charge in [-0.25, -0.2) is 0 Å². The lowest BCUT2D eigenvalue weighted by Crippen LogP contribution is -2.22. The molecular weight excluding hydrogens is 360 g/mol. The Morgan fingerprint density at radius 2 is 1.07 bits per heavy atom. The van der Waals surface area contributed by atoms with Gasteiger partial charge in [-0.2, -0.15) is 0 Å². The summed E-state index contributed by atoms with van der Waals surface area (Å²) < 4.78 is 33.7. The highest BCUT2D eigenvalue weighted by Crippen LogP contribution is 2.08. The van der Waals surface area contributed by atoms with E-state index >= 15 is 0 Å². The Morgan fingerprint density at radius 3 is 1.71 bits per heavy atom. The molecule has 1 unspecified atom stereocenters. The lowest BCUT2D eigenvalue weighted by Gasteiger charge is -2.18. The summed E-state index contributed by atoms with van der Waals surface area (Å²) in [6.07, 6.45) is 6.37. The van der Waals surface area contributed by atoms with Crippen LogP contribution < -0.4 is 0 Å². The van der Waals surface area contributed by atoms with Crippen molar-refractivity contribution in [1.82, 2.24) is 0 Å². The lowest BCUT2D eigenvalue weighted by atomic mass is 10.1. The summed E-state index contributed by atoms with van der Waals surface area (Å²) in [5.74, 6) is 0. The summed E-state index contributed by atoms with van der Waals surface area (Å²) in [5.41, 5.74) is 0. The third kappa shape index (κ3) is 22.1. The van der Waals surface area contributed by atoms with E-state index in [1.807, 2.05) is 13.8 Å². The van der Waals surface area contributed by atoms with Gasteiger partial charge in [0.2, 0.25) is 0 Å². The monoisotopic (exact) mass is 406 g/mol. The molecule has 0 saturated heterocycles. The van der Waals surface area contributed by atoms with Crippen LogP contribution in [0.1, 0.15) is 66.2 Å². The van der Waals surface area contributed by atoms with Gasteiger partial charge in [0.1, 0.15) is 0 Å². The number of rotatable bonds is 23. The van der Waals surface area contributed by atoms with Crippen molar-refractivity contribution in [2.75, 3.05) is 66.1 Å². The first-order chi connectivity index (χ1) is 13.7. The average Bonchev–Trinajstić information content (AvgIpc) is 2.68. The Bertz CT molecular complexity index is 288. The van der Waals surface area contributed by atoms with Crippen LogP contribution in [-0.4, -0.2) is 78.3 Å². The van der Waals surface area contributed by atoms with Gasteiger partial charge in [-0.05, 0) is 66.2 Å². The van der Waals surface area contributed by atoms with Crippen LogP contribution >= 0.6 is 0 Å². The molecule has 1 atom stereocenters. The third-order valence-electron chi connectivity index (χ3n) is 4.02. The lowest BCUT2D eigenvalue weighted by molar-refractivity contribution is -0.0333. The van der Waals surface area contributed by atoms with Gasteiger partial charge >= 0.3 is 0 Å². The molecule has 0 heterocycles. The van der Waals surface area contributed by atoms with Crippen LogP contribution in [0.3, 0.4) is 0 Å². The Labute approximate surface area is 173 Å². The fourth-order valence-corrected chi connectivity index (χ4v) is 2.55. The van der Waals surface area contributed by atoms with Crippen molar-refractivity contribution in [1.29, 1.82) is 0 Å². The summed E-state index contributed by atoms with van der Waals surface area (Å²) >= 11 is 0. The number of ether oxygens (including phenoxy) is 6. The molecule has 0 radical (unpaired) electrons. The molecule has 0 bridgehead atoms. The first-order valence-corrected chi connectivity index (χ1v) is 11.2. The molecule has 0 aromatic heterocycles. The zero-order chi connectivity index (χ0) is 20.7. The maximum Gasteiger partial charge on any atom is 0.0808 e. The molecule has 6 nitrogen and oxygen atoms in total. The standard InChI is InChI=1S/C22H46O6/c1-5-23-14-9-16-25-13-8-7-12-22(28-19-10-15-24-6-2)20-26-17-11-18-27-21(3)4/h21-22H,5-20H2,1-4H3. The third-order valence-corrected chi connectivity index (χ3v) is 4.02. The molecule has 0 aromatic rings. The first kappa shape index (κ1) is 27.8. The molecule has 0 N–H and O–H groups in total. The van der Waals surface area contributed by atoms with Gasteiger partial charge in [-0.15, -0.1) is 0 Å². The van der Waals surface area contributed by atoms with Crippen LogP contribution in [0.4, 0.5) is 0 Å². The summed E-state index contributed by atoms with van der Waals surface area (Å²) in [5, 5.41) is 0. The van der Waals surface area contributed by atoms with E-state index in [0.29, 0.717) is 13.2 Å². The van der Waals surface area contributed by atoms with E-state index in [2.05, 4.69) is 13.8 Å². The van der Waals surface area contributed by atoms with Crippen LogP contribution in [0.2, 0.25) is 0 Å². The van der Waals surface area contributed by atoms with Crippen LogP contribution in [0.15, 0.2) is 0 Å². The van der Waals surface area contributed by atoms with E-state index < -0.39 is 0 Å². The van der Waals surface area contributed by atoms with Crippen LogP contribution in [0, 0.1) is 0 Å². The van der Waals surface area contributed by atoms with Crippen molar-refractivity contribution in [2.24, 2.45) is 0 Å². The fraction of sp³-hybridized carbons (Fsp3) is 1.00. The average molecular weight is 407 g/mol. The highest BCUT2D eigenvalue weighted by Gasteiger charge is 2.09. The number of unbranched alkanes of at least 4 members (excludes halogenated alkanes) is 1. The maximum atomic E-state index is 6.01. The predicted octanol–water partition coefficient (Wildman–Crippen LogP) is 4.24. The minimum absolute atomic E-state index is 0.144. The molecular formula is C22H46O6. The van der Waals surface area contributed by atoms with Gasteiger partial charge in [-0.1, -0.05) is 0 Å². The zero-order valence-corrected chi connectivity index (χ0v) is 18.9. The predicted molar refractivity (Wildman–Crippen MR) is 113 cm³/mol. The summed E-state index contributed by atoms with van der Waals surface area (Å²) in [6.45, 7) is 15.6. The zero-order valence-electron chi connectivity index (χ0n) is 18.9. The molecule has 0 fully saturated rings. The van der Waals surface area contributed by atoms with E-state index in [1.54, 1.807) is 0 Å². The van der Waals surface area contributed by atoms with Crippen molar-refractivity contribution in [3.63, 3.8) is 0 Å². The Kier molecular flexibility index (Phi) is 22.8. The maximum absolute atomic E-state index is 6.01. The molecule has 6 heteroatoms. The summed E-state index contributed by atoms with van der Waals surface area (Å²) in [7, 11) is 0. The molecule has 0 aromatic carbocycles. The normalized spacial score (nSPS) is 12.8. The quantitative estimate of drug-likeness (QED) is 0.237. The van der Waals surface area contributed by atoms with E-state index in [0.717, 1.165) is 91.4 Å². The SMILES string of the molecule is CCOCCCOCCCCC(COCCCOC(C)C)OCCCOCC. The van der Waals surface area contributed by atoms with Crippen LogP contribution in [0.5, 0.6) is 0 Å². The molecule has 0 rings (SSSR count). The molecule has 28 heavy (non-hydrogen) atoms. The molecule has 0 aliphatic carbocycles. The van der Waals surface area contributed by atoms with Crippen molar-refractivity contribution in [3.8, 4) is 0 Å². The van der Waals surface area contributed by atoms with Gasteiger partial charge in [0, 0.05) is 59.5 Å². The first-order valence-electron chi connectivity index (χ1n) is 11.2. The van der Waals surface area contributed by atoms with Crippen molar-refractivity contribution >= 4 is 0 Å². The Balaban J connectivity index is 3.77. The smallest absolute Gasteiger partial charge is 0.0808 e. The molecule has 0 amide bonds. The van der Waals surface area contributed by atoms with Crippen molar-refractivity contribution in [2.45, 2.75) is 78.4 Å². The summed E-state index contributed by atoms with van der Waals surface area (Å²) in [4.78, 5) is 0. The van der Waals surface area contributed by atoms with Crippen molar-refractivity contribution < 1.29 is 28.4 Å². The Hall–Kier alpha value is -0.240. The van der Waals surface area contributed by atoms with E-state index in [1.165, 1.54) is 0 Å². The minimum Gasteiger partial charge on any atom is -0.382 e. The molecule has 170 valence electrons. The molecule has 0 aliphatic rings. The molecule has 0 aliphatic heterocycles. The number of hydrogen-bond acceptors (Lipinski definition) is 6. The fourth-order valence-electron chi connectivity index (χ4n) is 2.55. The molecule has 0 saturated carbocycles. The van der Waals surface area contributed by atoms with Gasteiger partial charge < -0.3 is 28.4 Å². The minimum atomic E-state index is 0.144. The van der Waals surface area contributed by atoms with E-state index in [4.69, 9.17) is 28.4 Å². The second kappa shape index (κ2) is 23.0. The van der Waals surface area contributed by atoms with Gasteiger partial charge in [0.25, 0.3) is 0 Å². The summed E-state index contributed by atoms with van der Waals surface area (Å²) in [6, 6.07) is 0. The van der Waals surface area contributed by atoms with Crippen LogP contribution in [0.25, 0.3) is 0 Å². The van der Waals surface area contributed by atoms with Gasteiger partial charge in [0.15, 0.2) is 0 Å². The topological polar surface area (TPSA) is 55.4 Å². The van der Waals surface area contributed by atoms with Crippen molar-refractivity contribution in [3.05, 3.63) is 0 Å². The van der Waals surface area contributed by atoms with Crippen LogP contribution in [-0.2, 0) is 28.4 Å². The van der Waals surface area contributed by atoms with Gasteiger partial charge in [-0.3, -0.25) is 0 Å². The highest BCUT2D eigenvalue weighted by molar-refractivity contribution is 4.58. The largest absolute Gasteiger partial charge is 0.382 e. The number of hydrogen-bond donors (Lipinski definition) is 0. The second-order valence-corrected chi connectivity index (χ2v) is 7.05. The highest BCUT2D eigenvalue weighted by atomic mass is 16.5. The molecule has 0 spiro atoms. The van der Waals surface area contributed by atoms with E-state index in [9.17, 15) is 0 Å².